The third kappa shape index (κ3) is 4.91. The molecule has 0 fully saturated rings. The number of anilines is 1. The molecule has 3 rings (SSSR count). The fraction of sp³-hybridized carbons (Fsp3) is 0.294. The lowest BCUT2D eigenvalue weighted by Crippen LogP contribution is -2.23. The van der Waals surface area contributed by atoms with Crippen LogP contribution in [-0.2, 0) is 29.2 Å². The molecule has 0 spiro atoms. The largest absolute Gasteiger partial charge is 0.370 e. The number of aryl methyl sites for hydroxylation is 2. The number of fused-ring (bicyclic) bond motifs is 1. The van der Waals surface area contributed by atoms with Gasteiger partial charge in [0, 0.05) is 18.1 Å². The monoisotopic (exact) mass is 472 g/mol. The van der Waals surface area contributed by atoms with E-state index in [1.54, 1.807) is 12.3 Å². The molecular weight excluding hydrogens is 451 g/mol. The number of rotatable bonds is 4. The molecule has 0 atom stereocenters. The van der Waals surface area contributed by atoms with Crippen LogP contribution in [0.4, 0.5) is 5.69 Å². The van der Waals surface area contributed by atoms with Crippen molar-refractivity contribution in [3.8, 4) is 0 Å². The quantitative estimate of drug-likeness (QED) is 0.405. The molecule has 8 heteroatoms. The zero-order valence-electron chi connectivity index (χ0n) is 13.9. The Labute approximate surface area is 164 Å². The average Bonchev–Trinajstić information content (AvgIpc) is 3.00. The number of halogens is 1. The van der Waals surface area contributed by atoms with Crippen LogP contribution in [0, 0.1) is 0 Å². The molecule has 0 saturated heterocycles. The summed E-state index contributed by atoms with van der Waals surface area (Å²) in [6.07, 6.45) is 6.12. The Hall–Kier alpha value is -1.68. The molecule has 0 aliphatic heterocycles. The van der Waals surface area contributed by atoms with E-state index in [1.165, 1.54) is 23.6 Å². The highest BCUT2D eigenvalue weighted by Crippen LogP contribution is 2.24. The van der Waals surface area contributed by atoms with Gasteiger partial charge in [0.1, 0.15) is 0 Å². The molecule has 0 saturated carbocycles. The van der Waals surface area contributed by atoms with E-state index in [9.17, 15) is 8.42 Å². The molecule has 6 nitrogen and oxygen atoms in total. The third-order valence-corrected chi connectivity index (χ3v) is 5.19. The third-order valence-electron chi connectivity index (χ3n) is 4.02. The Morgan fingerprint density at radius 3 is 2.80 bits per heavy atom. The van der Waals surface area contributed by atoms with Crippen LogP contribution in [0.2, 0.25) is 0 Å². The number of nitrogens with one attached hydrogen (secondary N) is 1. The molecule has 1 aromatic carbocycles. The van der Waals surface area contributed by atoms with Crippen LogP contribution in [0.1, 0.15) is 23.2 Å². The van der Waals surface area contributed by atoms with Gasteiger partial charge in [-0.3, -0.25) is 4.98 Å². The number of sulfone groups is 1. The molecule has 1 aliphatic carbocycles. The normalized spacial score (nSPS) is 13.9. The molecule has 0 bridgehead atoms. The summed E-state index contributed by atoms with van der Waals surface area (Å²) in [4.78, 5) is 8.50. The van der Waals surface area contributed by atoms with Crippen molar-refractivity contribution >= 4 is 45.5 Å². The average molecular weight is 472 g/mol. The van der Waals surface area contributed by atoms with Crippen LogP contribution < -0.4 is 11.1 Å². The van der Waals surface area contributed by atoms with Gasteiger partial charge in [-0.25, -0.2) is 13.4 Å². The molecule has 25 heavy (non-hydrogen) atoms. The number of benzene rings is 1. The maximum atomic E-state index is 11.8. The molecular formula is C17H21IN4O2S. The lowest BCUT2D eigenvalue weighted by Gasteiger charge is -2.08. The first-order valence-electron chi connectivity index (χ1n) is 7.76. The minimum absolute atomic E-state index is 0. The highest BCUT2D eigenvalue weighted by molar-refractivity contribution is 14.0. The van der Waals surface area contributed by atoms with Crippen molar-refractivity contribution in [1.82, 2.24) is 4.98 Å². The van der Waals surface area contributed by atoms with Gasteiger partial charge in [0.05, 0.1) is 17.1 Å². The van der Waals surface area contributed by atoms with Gasteiger partial charge in [-0.15, -0.1) is 24.0 Å². The van der Waals surface area contributed by atoms with Crippen molar-refractivity contribution in [2.24, 2.45) is 10.7 Å². The summed E-state index contributed by atoms with van der Waals surface area (Å²) in [6.45, 7) is 0.104. The van der Waals surface area contributed by atoms with Gasteiger partial charge in [0.2, 0.25) is 0 Å². The van der Waals surface area contributed by atoms with Crippen LogP contribution in [0.15, 0.2) is 46.4 Å². The minimum atomic E-state index is -3.34. The van der Waals surface area contributed by atoms with E-state index in [2.05, 4.69) is 27.4 Å². The Balaban J connectivity index is 0.00000225. The smallest absolute Gasteiger partial charge is 0.193 e. The number of hydrogen-bond donors (Lipinski definition) is 2. The molecule has 0 radical (unpaired) electrons. The molecule has 134 valence electrons. The van der Waals surface area contributed by atoms with Gasteiger partial charge in [-0.2, -0.15) is 0 Å². The predicted molar refractivity (Wildman–Crippen MR) is 110 cm³/mol. The number of nitrogens with two attached hydrogens (primary N) is 1. The molecule has 0 unspecified atom stereocenters. The second kappa shape index (κ2) is 8.13. The van der Waals surface area contributed by atoms with E-state index in [4.69, 9.17) is 5.73 Å². The summed E-state index contributed by atoms with van der Waals surface area (Å²) in [7, 11) is -3.34. The molecule has 1 heterocycles. The maximum Gasteiger partial charge on any atom is 0.193 e. The Morgan fingerprint density at radius 2 is 2.04 bits per heavy atom. The molecule has 1 aromatic heterocycles. The summed E-state index contributed by atoms with van der Waals surface area (Å²) < 4.78 is 23.5. The first kappa shape index (κ1) is 19.6. The first-order chi connectivity index (χ1) is 11.4. The lowest BCUT2D eigenvalue weighted by atomic mass is 10.1. The maximum absolute atomic E-state index is 11.8. The van der Waals surface area contributed by atoms with Crippen LogP contribution in [-0.4, -0.2) is 25.6 Å². The minimum Gasteiger partial charge on any atom is -0.370 e. The Morgan fingerprint density at radius 1 is 1.28 bits per heavy atom. The van der Waals surface area contributed by atoms with Crippen molar-refractivity contribution in [3.05, 3.63) is 53.3 Å². The Kier molecular flexibility index (Phi) is 6.39. The molecule has 1 aliphatic rings. The summed E-state index contributed by atoms with van der Waals surface area (Å²) in [5.74, 6) is 0.234. The van der Waals surface area contributed by atoms with Crippen molar-refractivity contribution in [2.45, 2.75) is 30.7 Å². The van der Waals surface area contributed by atoms with Gasteiger partial charge in [-0.1, -0.05) is 6.07 Å². The van der Waals surface area contributed by atoms with Gasteiger partial charge in [0.15, 0.2) is 15.8 Å². The van der Waals surface area contributed by atoms with E-state index < -0.39 is 9.84 Å². The van der Waals surface area contributed by atoms with E-state index >= 15 is 0 Å². The number of aromatic nitrogens is 1. The summed E-state index contributed by atoms with van der Waals surface area (Å²) in [6, 6.07) is 9.30. The highest BCUT2D eigenvalue weighted by Gasteiger charge is 2.14. The molecule has 0 amide bonds. The van der Waals surface area contributed by atoms with E-state index in [0.717, 1.165) is 24.8 Å². The second-order valence-corrected chi connectivity index (χ2v) is 7.87. The van der Waals surface area contributed by atoms with E-state index in [1.807, 2.05) is 6.07 Å². The van der Waals surface area contributed by atoms with Gasteiger partial charge >= 0.3 is 0 Å². The summed E-state index contributed by atoms with van der Waals surface area (Å²) in [5, 5.41) is 3.05. The molecule has 2 aromatic rings. The van der Waals surface area contributed by atoms with Gasteiger partial charge < -0.3 is 11.1 Å². The fourth-order valence-corrected chi connectivity index (χ4v) is 3.75. The fourth-order valence-electron chi connectivity index (χ4n) is 2.88. The predicted octanol–water partition coefficient (Wildman–Crippen LogP) is 2.52. The number of guanidine groups is 1. The zero-order valence-corrected chi connectivity index (χ0v) is 17.0. The van der Waals surface area contributed by atoms with E-state index in [0.29, 0.717) is 5.69 Å². The lowest BCUT2D eigenvalue weighted by molar-refractivity contribution is 0.600. The van der Waals surface area contributed by atoms with Crippen molar-refractivity contribution < 1.29 is 8.42 Å². The van der Waals surface area contributed by atoms with Crippen molar-refractivity contribution in [1.29, 1.82) is 0 Å². The van der Waals surface area contributed by atoms with Crippen LogP contribution in [0.25, 0.3) is 0 Å². The van der Waals surface area contributed by atoms with Crippen LogP contribution in [0.5, 0.6) is 0 Å². The van der Waals surface area contributed by atoms with Crippen LogP contribution >= 0.6 is 24.0 Å². The van der Waals surface area contributed by atoms with Crippen molar-refractivity contribution in [3.63, 3.8) is 0 Å². The first-order valence-corrected chi connectivity index (χ1v) is 9.65. The summed E-state index contributed by atoms with van der Waals surface area (Å²) >= 11 is 0. The van der Waals surface area contributed by atoms with Crippen molar-refractivity contribution in [2.75, 3.05) is 11.6 Å². The van der Waals surface area contributed by atoms with Crippen LogP contribution in [0.3, 0.4) is 0 Å². The number of nitrogens with zero attached hydrogens (tertiary/aromatic N) is 2. The zero-order chi connectivity index (χ0) is 17.2. The van der Waals surface area contributed by atoms with Gasteiger partial charge in [0.25, 0.3) is 0 Å². The second-order valence-electron chi connectivity index (χ2n) is 5.88. The summed E-state index contributed by atoms with van der Waals surface area (Å²) in [5.41, 5.74) is 9.93. The molecule has 3 N–H and O–H groups in total. The number of aliphatic imine (C=N–C) groups is 1. The Bertz CT molecular complexity index is 897. The SMILES string of the molecule is CS(=O)(=O)c1cccnc1CN=C(N)Nc1ccc2c(c1)CCC2.I. The number of hydrogen-bond acceptors (Lipinski definition) is 4. The van der Waals surface area contributed by atoms with E-state index in [-0.39, 0.29) is 41.4 Å². The topological polar surface area (TPSA) is 97.4 Å². The van der Waals surface area contributed by atoms with Gasteiger partial charge in [-0.05, 0) is 54.7 Å². The standard InChI is InChI=1S/C17H20N4O2S.HI/c1-24(22,23)16-6-3-9-19-15(16)11-20-17(18)21-14-8-7-12-4-2-5-13(12)10-14;/h3,6-10H,2,4-5,11H2,1H3,(H3,18,20,21);1H. The highest BCUT2D eigenvalue weighted by atomic mass is 127. The number of pyridine rings is 1.